The third-order valence-corrected chi connectivity index (χ3v) is 3.79. The van der Waals surface area contributed by atoms with Crippen molar-refractivity contribution >= 4 is 24.0 Å². The van der Waals surface area contributed by atoms with Crippen LogP contribution in [0.25, 0.3) is 0 Å². The Kier molecular flexibility index (Phi) is 9.03. The second-order valence-electron chi connectivity index (χ2n) is 5.85. The van der Waals surface area contributed by atoms with E-state index in [9.17, 15) is 4.79 Å². The first-order chi connectivity index (χ1) is 11.6. The molecule has 0 aliphatic rings. The average molecular weight is 363 g/mol. The van der Waals surface area contributed by atoms with Crippen molar-refractivity contribution in [3.63, 3.8) is 0 Å². The molecule has 2 aromatic rings. The lowest BCUT2D eigenvalue weighted by atomic mass is 10.1. The summed E-state index contributed by atoms with van der Waals surface area (Å²) in [6, 6.07) is 13.9. The highest BCUT2D eigenvalue weighted by atomic mass is 35.5. The molecule has 5 heteroatoms. The minimum Gasteiger partial charge on any atom is -0.493 e. The maximum Gasteiger partial charge on any atom is 0.227 e. The molecule has 1 amide bonds. The largest absolute Gasteiger partial charge is 0.493 e. The van der Waals surface area contributed by atoms with Gasteiger partial charge in [-0.25, -0.2) is 0 Å². The van der Waals surface area contributed by atoms with Crippen LogP contribution in [0.5, 0.6) is 5.75 Å². The van der Waals surface area contributed by atoms with E-state index in [4.69, 9.17) is 4.74 Å². The van der Waals surface area contributed by atoms with Crippen molar-refractivity contribution in [2.45, 2.75) is 33.7 Å². The van der Waals surface area contributed by atoms with Crippen LogP contribution in [0.2, 0.25) is 0 Å². The van der Waals surface area contributed by atoms with Crippen molar-refractivity contribution in [2.75, 3.05) is 18.5 Å². The first kappa shape index (κ1) is 21.0. The molecule has 0 fully saturated rings. The van der Waals surface area contributed by atoms with E-state index >= 15 is 0 Å². The molecule has 0 saturated heterocycles. The summed E-state index contributed by atoms with van der Waals surface area (Å²) in [5.41, 5.74) is 4.17. The standard InChI is InChI=1S/C20H26N2O2.ClH/c1-4-21-14-17-7-5-6-8-18(17)22-20(23)11-12-24-19-13-15(2)9-10-16(19)3;/h5-10,13,21H,4,11-12,14H2,1-3H3,(H,22,23);1H. The van der Waals surface area contributed by atoms with Crippen molar-refractivity contribution in [1.29, 1.82) is 0 Å². The number of ether oxygens (including phenoxy) is 1. The van der Waals surface area contributed by atoms with Crippen molar-refractivity contribution in [3.05, 3.63) is 59.2 Å². The maximum atomic E-state index is 12.2. The normalized spacial score (nSPS) is 10.0. The molecule has 0 heterocycles. The summed E-state index contributed by atoms with van der Waals surface area (Å²) in [6.45, 7) is 8.10. The first-order valence-corrected chi connectivity index (χ1v) is 8.38. The minimum atomic E-state index is -0.0377. The number of hydrogen-bond donors (Lipinski definition) is 2. The van der Waals surface area contributed by atoms with Crippen LogP contribution in [-0.2, 0) is 11.3 Å². The number of amides is 1. The van der Waals surface area contributed by atoms with Crippen molar-refractivity contribution in [1.82, 2.24) is 5.32 Å². The molecule has 0 radical (unpaired) electrons. The van der Waals surface area contributed by atoms with Gasteiger partial charge in [0.15, 0.2) is 0 Å². The molecule has 136 valence electrons. The molecular formula is C20H27ClN2O2. The number of para-hydroxylation sites is 1. The molecular weight excluding hydrogens is 336 g/mol. The highest BCUT2D eigenvalue weighted by Gasteiger charge is 2.07. The van der Waals surface area contributed by atoms with Gasteiger partial charge in [0.25, 0.3) is 0 Å². The number of benzene rings is 2. The quantitative estimate of drug-likeness (QED) is 0.738. The van der Waals surface area contributed by atoms with E-state index in [2.05, 4.69) is 23.6 Å². The molecule has 0 bridgehead atoms. The lowest BCUT2D eigenvalue weighted by molar-refractivity contribution is -0.116. The van der Waals surface area contributed by atoms with E-state index in [1.165, 1.54) is 0 Å². The van der Waals surface area contributed by atoms with Gasteiger partial charge >= 0.3 is 0 Å². The molecule has 0 aromatic heterocycles. The molecule has 2 N–H and O–H groups in total. The molecule has 25 heavy (non-hydrogen) atoms. The van der Waals surface area contributed by atoms with Crippen LogP contribution in [0.1, 0.15) is 30.0 Å². The van der Waals surface area contributed by atoms with E-state index in [1.54, 1.807) is 0 Å². The van der Waals surface area contributed by atoms with E-state index in [-0.39, 0.29) is 18.3 Å². The zero-order valence-electron chi connectivity index (χ0n) is 15.1. The number of hydrogen-bond acceptors (Lipinski definition) is 3. The Labute approximate surface area is 156 Å². The number of carbonyl (C=O) groups is 1. The smallest absolute Gasteiger partial charge is 0.227 e. The Balaban J connectivity index is 0.00000312. The van der Waals surface area contributed by atoms with Crippen LogP contribution in [-0.4, -0.2) is 19.1 Å². The third-order valence-electron chi connectivity index (χ3n) is 3.79. The summed E-state index contributed by atoms with van der Waals surface area (Å²) in [5, 5.41) is 6.25. The Morgan fingerprint density at radius 1 is 1.12 bits per heavy atom. The Bertz CT molecular complexity index is 689. The molecule has 0 aliphatic heterocycles. The van der Waals surface area contributed by atoms with Crippen molar-refractivity contribution in [2.24, 2.45) is 0 Å². The summed E-state index contributed by atoms with van der Waals surface area (Å²) in [5.74, 6) is 0.805. The number of aryl methyl sites for hydroxylation is 2. The number of carbonyl (C=O) groups excluding carboxylic acids is 1. The Morgan fingerprint density at radius 2 is 1.88 bits per heavy atom. The molecule has 0 unspecified atom stereocenters. The van der Waals surface area contributed by atoms with Gasteiger partial charge in [0, 0.05) is 12.2 Å². The van der Waals surface area contributed by atoms with Gasteiger partial charge in [-0.3, -0.25) is 4.79 Å². The SMILES string of the molecule is CCNCc1ccccc1NC(=O)CCOc1cc(C)ccc1C.Cl. The van der Waals surface area contributed by atoms with Crippen LogP contribution in [0.3, 0.4) is 0 Å². The average Bonchev–Trinajstić information content (AvgIpc) is 2.57. The number of halogens is 1. The minimum absolute atomic E-state index is 0. The summed E-state index contributed by atoms with van der Waals surface area (Å²) in [6.07, 6.45) is 0.322. The lowest BCUT2D eigenvalue weighted by Gasteiger charge is -2.12. The first-order valence-electron chi connectivity index (χ1n) is 8.38. The summed E-state index contributed by atoms with van der Waals surface area (Å²) in [7, 11) is 0. The van der Waals surface area contributed by atoms with E-state index in [0.717, 1.165) is 41.2 Å². The molecule has 0 spiro atoms. The summed E-state index contributed by atoms with van der Waals surface area (Å²) < 4.78 is 5.75. The fourth-order valence-corrected chi connectivity index (χ4v) is 2.39. The number of anilines is 1. The summed E-state index contributed by atoms with van der Waals surface area (Å²) >= 11 is 0. The zero-order valence-corrected chi connectivity index (χ0v) is 15.9. The Hall–Kier alpha value is -2.04. The molecule has 2 aromatic carbocycles. The monoisotopic (exact) mass is 362 g/mol. The van der Waals surface area contributed by atoms with Gasteiger partial charge < -0.3 is 15.4 Å². The van der Waals surface area contributed by atoms with Crippen LogP contribution in [0, 0.1) is 13.8 Å². The summed E-state index contributed by atoms with van der Waals surface area (Å²) in [4.78, 5) is 12.2. The molecule has 0 atom stereocenters. The predicted octanol–water partition coefficient (Wildman–Crippen LogP) is 4.24. The van der Waals surface area contributed by atoms with Gasteiger partial charge in [0.1, 0.15) is 5.75 Å². The Morgan fingerprint density at radius 3 is 2.64 bits per heavy atom. The maximum absolute atomic E-state index is 12.2. The second-order valence-corrected chi connectivity index (χ2v) is 5.85. The second kappa shape index (κ2) is 10.7. The highest BCUT2D eigenvalue weighted by molar-refractivity contribution is 5.91. The zero-order chi connectivity index (χ0) is 17.4. The molecule has 0 saturated carbocycles. The fourth-order valence-electron chi connectivity index (χ4n) is 2.39. The molecule has 0 aliphatic carbocycles. The number of nitrogens with one attached hydrogen (secondary N) is 2. The van der Waals surface area contributed by atoms with Gasteiger partial charge in [-0.15, -0.1) is 12.4 Å². The van der Waals surface area contributed by atoms with Crippen molar-refractivity contribution < 1.29 is 9.53 Å². The van der Waals surface area contributed by atoms with E-state index < -0.39 is 0 Å². The predicted molar refractivity (Wildman–Crippen MR) is 106 cm³/mol. The van der Waals surface area contributed by atoms with Gasteiger partial charge in [-0.1, -0.05) is 37.3 Å². The highest BCUT2D eigenvalue weighted by Crippen LogP contribution is 2.19. The van der Waals surface area contributed by atoms with Gasteiger partial charge in [0.05, 0.1) is 13.0 Å². The van der Waals surface area contributed by atoms with Crippen LogP contribution in [0.4, 0.5) is 5.69 Å². The van der Waals surface area contributed by atoms with Gasteiger partial charge in [0.2, 0.25) is 5.91 Å². The van der Waals surface area contributed by atoms with Crippen molar-refractivity contribution in [3.8, 4) is 5.75 Å². The van der Waals surface area contributed by atoms with Gasteiger partial charge in [-0.2, -0.15) is 0 Å². The van der Waals surface area contributed by atoms with Crippen LogP contribution < -0.4 is 15.4 Å². The van der Waals surface area contributed by atoms with Crippen LogP contribution >= 0.6 is 12.4 Å². The van der Waals surface area contributed by atoms with Crippen LogP contribution in [0.15, 0.2) is 42.5 Å². The third kappa shape index (κ3) is 6.77. The lowest BCUT2D eigenvalue weighted by Crippen LogP contribution is -2.18. The van der Waals surface area contributed by atoms with E-state index in [1.807, 2.05) is 50.2 Å². The van der Waals surface area contributed by atoms with E-state index in [0.29, 0.717) is 13.0 Å². The topological polar surface area (TPSA) is 50.4 Å². The van der Waals surface area contributed by atoms with Gasteiger partial charge in [-0.05, 0) is 49.2 Å². The molecule has 4 nitrogen and oxygen atoms in total. The number of rotatable bonds is 8. The molecule has 2 rings (SSSR count). The fraction of sp³-hybridized carbons (Fsp3) is 0.350.